The molecule has 0 aliphatic carbocycles. The zero-order chi connectivity index (χ0) is 71.8. The van der Waals surface area contributed by atoms with E-state index in [4.69, 9.17) is 37.0 Å². The third-order valence-electron chi connectivity index (χ3n) is 15.5. The molecule has 0 aliphatic rings. The van der Waals surface area contributed by atoms with Gasteiger partial charge in [0.05, 0.1) is 26.4 Å². The number of phosphoric acid groups is 2. The molecule has 17 nitrogen and oxygen atoms in total. The Labute approximate surface area is 593 Å². The van der Waals surface area contributed by atoms with Crippen molar-refractivity contribution in [2.45, 2.75) is 316 Å². The number of hydrogen-bond acceptors (Lipinski definition) is 15. The van der Waals surface area contributed by atoms with Gasteiger partial charge in [0.25, 0.3) is 0 Å². The Bertz CT molecular complexity index is 2340. The zero-order valence-corrected chi connectivity index (χ0v) is 63.0. The third-order valence-corrected chi connectivity index (χ3v) is 17.4. The minimum Gasteiger partial charge on any atom is -0.462 e. The highest BCUT2D eigenvalue weighted by molar-refractivity contribution is 7.47. The van der Waals surface area contributed by atoms with Gasteiger partial charge in [-0.3, -0.25) is 37.3 Å². The van der Waals surface area contributed by atoms with Crippen molar-refractivity contribution >= 4 is 39.5 Å². The summed E-state index contributed by atoms with van der Waals surface area (Å²) in [5, 5.41) is 10.6. The molecule has 0 heterocycles. The molecular formula is C79H134O17P2. The van der Waals surface area contributed by atoms with Crippen LogP contribution in [0.15, 0.2) is 122 Å². The summed E-state index contributed by atoms with van der Waals surface area (Å²) < 4.78 is 68.3. The fraction of sp³-hybridized carbons (Fsp3) is 0.696. The highest BCUT2D eigenvalue weighted by atomic mass is 31.2. The standard InChI is InChI=1S/C79H134O17P2/c1-5-9-13-17-21-25-29-31-33-35-36-38-40-42-46-48-52-56-60-64-77(82)90-70-75(96-79(84)66-62-58-54-50-44-28-24-20-16-12-8-4)72-94-98(87,88)92-68-73(80)67-91-97(85,86)93-71-74(95-78(83)65-61-57-53-49-43-27-23-19-15-11-7-3)69-89-76(81)63-59-55-51-47-45-41-39-37-34-32-30-26-22-18-14-10-6-2/h9-10,13-14,21-22,25-26,31-34,36,38-39,41-42,46,52,56,73-75,80H,5-8,11-12,15-20,23-24,27-30,35,37,40,43-45,47-51,53-55,57-72H2,1-4H3,(H,85,86)(H,87,88)/b13-9-,14-10-,25-21-,26-22-,33-31-,34-32-,38-36-,41-39-,46-42-,56-52-. The van der Waals surface area contributed by atoms with Gasteiger partial charge >= 0.3 is 39.5 Å². The Balaban J connectivity index is 5.36. The summed E-state index contributed by atoms with van der Waals surface area (Å²) in [4.78, 5) is 72.7. The van der Waals surface area contributed by atoms with Crippen molar-refractivity contribution in [1.82, 2.24) is 0 Å². The van der Waals surface area contributed by atoms with E-state index in [0.29, 0.717) is 32.1 Å². The fourth-order valence-electron chi connectivity index (χ4n) is 9.77. The molecule has 0 saturated carbocycles. The summed E-state index contributed by atoms with van der Waals surface area (Å²) >= 11 is 0. The molecule has 5 unspecified atom stereocenters. The predicted octanol–water partition coefficient (Wildman–Crippen LogP) is 21.6. The first kappa shape index (κ1) is 93.5. The van der Waals surface area contributed by atoms with Gasteiger partial charge in [0.1, 0.15) is 19.3 Å². The average Bonchev–Trinajstić information content (AvgIpc) is 1.03. The molecule has 98 heavy (non-hydrogen) atoms. The van der Waals surface area contributed by atoms with E-state index in [-0.39, 0.29) is 25.7 Å². The zero-order valence-electron chi connectivity index (χ0n) is 61.2. The highest BCUT2D eigenvalue weighted by Crippen LogP contribution is 2.45. The molecular weight excluding hydrogens is 1280 g/mol. The number of carbonyl (C=O) groups excluding carboxylic acids is 4. The van der Waals surface area contributed by atoms with Gasteiger partial charge in [-0.1, -0.05) is 290 Å². The van der Waals surface area contributed by atoms with Crippen LogP contribution in [-0.4, -0.2) is 96.7 Å². The number of aliphatic hydroxyl groups is 1. The average molecular weight is 1420 g/mol. The van der Waals surface area contributed by atoms with Crippen LogP contribution in [0.25, 0.3) is 0 Å². The quantitative estimate of drug-likeness (QED) is 0.0169. The smallest absolute Gasteiger partial charge is 0.462 e. The largest absolute Gasteiger partial charge is 0.472 e. The van der Waals surface area contributed by atoms with E-state index in [1.165, 1.54) is 77.0 Å². The number of allylic oxidation sites excluding steroid dienone is 20. The number of aliphatic hydroxyl groups excluding tert-OH is 1. The lowest BCUT2D eigenvalue weighted by Crippen LogP contribution is -2.30. The van der Waals surface area contributed by atoms with Crippen LogP contribution in [-0.2, 0) is 65.4 Å². The van der Waals surface area contributed by atoms with Crippen molar-refractivity contribution in [2.75, 3.05) is 39.6 Å². The second-order valence-electron chi connectivity index (χ2n) is 24.8. The predicted molar refractivity (Wildman–Crippen MR) is 399 cm³/mol. The molecule has 0 radical (unpaired) electrons. The summed E-state index contributed by atoms with van der Waals surface area (Å²) in [6.07, 6.45) is 76.4. The number of rotatable bonds is 70. The van der Waals surface area contributed by atoms with Gasteiger partial charge in [0.15, 0.2) is 12.2 Å². The van der Waals surface area contributed by atoms with Gasteiger partial charge in [0, 0.05) is 25.7 Å². The van der Waals surface area contributed by atoms with Gasteiger partial charge in [-0.2, -0.15) is 0 Å². The summed E-state index contributed by atoms with van der Waals surface area (Å²) in [5.74, 6) is -2.29. The lowest BCUT2D eigenvalue weighted by Gasteiger charge is -2.21. The SMILES string of the molecule is CC/C=C\C/C=C\C/C=C\C/C=C\C/C=C\C/C=C\CCC(=O)OCC(COP(=O)(O)OCC(O)COP(=O)(O)OCC(COC(=O)CCCCCC/C=C\C/C=C\C/C=C\C/C=C\CC)OC(=O)CCCCCCCCCCCCC)OC(=O)CCCCCCCCCCCCC. The monoisotopic (exact) mass is 1420 g/mol. The lowest BCUT2D eigenvalue weighted by molar-refractivity contribution is -0.161. The minimum atomic E-state index is -4.99. The molecule has 0 fully saturated rings. The van der Waals surface area contributed by atoms with Crippen molar-refractivity contribution in [3.8, 4) is 0 Å². The molecule has 3 N–H and O–H groups in total. The van der Waals surface area contributed by atoms with E-state index in [2.05, 4.69) is 131 Å². The molecule has 5 atom stereocenters. The van der Waals surface area contributed by atoms with Gasteiger partial charge in [-0.05, 0) is 103 Å². The van der Waals surface area contributed by atoms with Crippen LogP contribution in [0.3, 0.4) is 0 Å². The second kappa shape index (κ2) is 70.9. The molecule has 0 aromatic heterocycles. The van der Waals surface area contributed by atoms with E-state index >= 15 is 0 Å². The normalized spacial score (nSPS) is 14.6. The fourth-order valence-corrected chi connectivity index (χ4v) is 11.3. The Hall–Kier alpha value is -4.54. The molecule has 0 aromatic carbocycles. The molecule has 0 aliphatic heterocycles. The van der Waals surface area contributed by atoms with Crippen LogP contribution >= 0.6 is 15.6 Å². The van der Waals surface area contributed by atoms with E-state index < -0.39 is 97.5 Å². The molecule has 0 spiro atoms. The van der Waals surface area contributed by atoms with Crippen molar-refractivity contribution < 1.29 is 80.2 Å². The number of hydrogen-bond donors (Lipinski definition) is 3. The summed E-state index contributed by atoms with van der Waals surface area (Å²) in [5.41, 5.74) is 0. The van der Waals surface area contributed by atoms with Crippen molar-refractivity contribution in [2.24, 2.45) is 0 Å². The van der Waals surface area contributed by atoms with E-state index in [0.717, 1.165) is 135 Å². The van der Waals surface area contributed by atoms with Crippen LogP contribution in [0.1, 0.15) is 297 Å². The second-order valence-corrected chi connectivity index (χ2v) is 27.7. The molecule has 0 saturated heterocycles. The van der Waals surface area contributed by atoms with Crippen LogP contribution in [0.4, 0.5) is 0 Å². The first-order valence-electron chi connectivity index (χ1n) is 37.8. The molecule has 0 amide bonds. The molecule has 0 rings (SSSR count). The molecule has 562 valence electrons. The Morgan fingerprint density at radius 2 is 0.551 bits per heavy atom. The topological polar surface area (TPSA) is 237 Å². The van der Waals surface area contributed by atoms with Crippen molar-refractivity contribution in [3.05, 3.63) is 122 Å². The van der Waals surface area contributed by atoms with Gasteiger partial charge < -0.3 is 33.8 Å². The maximum atomic E-state index is 13.0. The Morgan fingerprint density at radius 1 is 0.296 bits per heavy atom. The maximum Gasteiger partial charge on any atom is 0.472 e. The van der Waals surface area contributed by atoms with Crippen LogP contribution in [0.5, 0.6) is 0 Å². The molecule has 0 aromatic rings. The maximum absolute atomic E-state index is 13.0. The van der Waals surface area contributed by atoms with Crippen LogP contribution in [0.2, 0.25) is 0 Å². The first-order valence-corrected chi connectivity index (χ1v) is 40.8. The number of carbonyl (C=O) groups is 4. The van der Waals surface area contributed by atoms with E-state index in [1.807, 2.05) is 18.2 Å². The van der Waals surface area contributed by atoms with Gasteiger partial charge in [-0.15, -0.1) is 0 Å². The summed E-state index contributed by atoms with van der Waals surface area (Å²) in [6, 6.07) is 0. The van der Waals surface area contributed by atoms with Crippen LogP contribution in [0, 0.1) is 0 Å². The number of ether oxygens (including phenoxy) is 4. The van der Waals surface area contributed by atoms with Gasteiger partial charge in [0.2, 0.25) is 0 Å². The number of phosphoric ester groups is 2. The van der Waals surface area contributed by atoms with Crippen molar-refractivity contribution in [1.29, 1.82) is 0 Å². The Morgan fingerprint density at radius 3 is 0.878 bits per heavy atom. The van der Waals surface area contributed by atoms with Crippen molar-refractivity contribution in [3.63, 3.8) is 0 Å². The van der Waals surface area contributed by atoms with Crippen LogP contribution < -0.4 is 0 Å². The highest BCUT2D eigenvalue weighted by Gasteiger charge is 2.30. The lowest BCUT2D eigenvalue weighted by atomic mass is 10.1. The number of unbranched alkanes of at least 4 members (excludes halogenated alkanes) is 24. The first-order chi connectivity index (χ1) is 47.7. The molecule has 19 heteroatoms. The minimum absolute atomic E-state index is 0.0361. The number of esters is 4. The summed E-state index contributed by atoms with van der Waals surface area (Å²) in [7, 11) is -9.97. The van der Waals surface area contributed by atoms with Gasteiger partial charge in [-0.25, -0.2) is 9.13 Å². The Kier molecular flexibility index (Phi) is 67.6. The van der Waals surface area contributed by atoms with E-state index in [9.17, 15) is 43.2 Å². The van der Waals surface area contributed by atoms with E-state index in [1.54, 1.807) is 0 Å². The summed E-state index contributed by atoms with van der Waals surface area (Å²) in [6.45, 7) is 4.52. The molecule has 0 bridgehead atoms. The third kappa shape index (κ3) is 69.9.